The SMILES string of the molecule is O=C(O)CC1CC(=O)c2ccsc2S1. The number of carboxylic acid groups (broad SMARTS) is 1. The molecule has 0 aromatic carbocycles. The lowest BCUT2D eigenvalue weighted by Crippen LogP contribution is -2.18. The number of thioether (sulfide) groups is 1. The van der Waals surface area contributed by atoms with E-state index < -0.39 is 5.97 Å². The standard InChI is InChI=1S/C9H8O3S2/c10-7-3-5(4-8(11)12)14-9-6(7)1-2-13-9/h1-2,5H,3-4H2,(H,11,12). The number of aliphatic carboxylic acids is 1. The van der Waals surface area contributed by atoms with Gasteiger partial charge in [0, 0.05) is 17.2 Å². The first-order valence-corrected chi connectivity index (χ1v) is 5.92. The molecule has 1 unspecified atom stereocenters. The fourth-order valence-electron chi connectivity index (χ4n) is 1.41. The van der Waals surface area contributed by atoms with E-state index in [9.17, 15) is 9.59 Å². The van der Waals surface area contributed by atoms with Crippen LogP contribution in [0.1, 0.15) is 23.2 Å². The van der Waals surface area contributed by atoms with Crippen molar-refractivity contribution in [3.63, 3.8) is 0 Å². The zero-order chi connectivity index (χ0) is 10.1. The van der Waals surface area contributed by atoms with Crippen LogP contribution in [0.2, 0.25) is 0 Å². The maximum atomic E-state index is 11.5. The van der Waals surface area contributed by atoms with Crippen molar-refractivity contribution >= 4 is 34.9 Å². The number of carboxylic acids is 1. The molecule has 0 saturated heterocycles. The lowest BCUT2D eigenvalue weighted by Gasteiger charge is -2.18. The molecule has 1 aromatic rings. The summed E-state index contributed by atoms with van der Waals surface area (Å²) in [6, 6.07) is 1.81. The Labute approximate surface area is 89.1 Å². The molecule has 1 aliphatic heterocycles. The van der Waals surface area contributed by atoms with Gasteiger partial charge in [-0.25, -0.2) is 0 Å². The average molecular weight is 228 g/mol. The van der Waals surface area contributed by atoms with Gasteiger partial charge in [0.05, 0.1) is 10.6 Å². The predicted molar refractivity (Wildman–Crippen MR) is 55.2 cm³/mol. The fraction of sp³-hybridized carbons (Fsp3) is 0.333. The molecule has 0 radical (unpaired) electrons. The van der Waals surface area contributed by atoms with E-state index in [1.807, 2.05) is 11.4 Å². The third kappa shape index (κ3) is 1.83. The molecule has 3 nitrogen and oxygen atoms in total. The molecule has 1 aliphatic rings. The molecule has 14 heavy (non-hydrogen) atoms. The van der Waals surface area contributed by atoms with Crippen LogP contribution in [0, 0.1) is 0 Å². The number of Topliss-reactive ketones (excluding diaryl/α,β-unsaturated/α-hetero) is 1. The van der Waals surface area contributed by atoms with Crippen LogP contribution in [-0.2, 0) is 4.79 Å². The number of fused-ring (bicyclic) bond motifs is 1. The second kappa shape index (κ2) is 3.74. The highest BCUT2D eigenvalue weighted by molar-refractivity contribution is 8.01. The van der Waals surface area contributed by atoms with Crippen molar-refractivity contribution in [1.29, 1.82) is 0 Å². The summed E-state index contributed by atoms with van der Waals surface area (Å²) in [6.45, 7) is 0. The summed E-state index contributed by atoms with van der Waals surface area (Å²) in [4.78, 5) is 22.0. The van der Waals surface area contributed by atoms with E-state index in [-0.39, 0.29) is 17.5 Å². The molecule has 5 heteroatoms. The van der Waals surface area contributed by atoms with Gasteiger partial charge in [-0.3, -0.25) is 9.59 Å². The quantitative estimate of drug-likeness (QED) is 0.843. The van der Waals surface area contributed by atoms with Crippen LogP contribution in [0.5, 0.6) is 0 Å². The molecule has 0 fully saturated rings. The first-order valence-electron chi connectivity index (χ1n) is 4.16. The molecule has 2 rings (SSSR count). The lowest BCUT2D eigenvalue weighted by molar-refractivity contribution is -0.136. The van der Waals surface area contributed by atoms with Crippen LogP contribution in [0.25, 0.3) is 0 Å². The molecule has 0 aliphatic carbocycles. The van der Waals surface area contributed by atoms with E-state index in [1.54, 1.807) is 0 Å². The highest BCUT2D eigenvalue weighted by Gasteiger charge is 2.28. The van der Waals surface area contributed by atoms with Gasteiger partial charge in [0.1, 0.15) is 0 Å². The van der Waals surface area contributed by atoms with Crippen LogP contribution in [0.15, 0.2) is 15.7 Å². The second-order valence-electron chi connectivity index (χ2n) is 3.09. The minimum Gasteiger partial charge on any atom is -0.481 e. The van der Waals surface area contributed by atoms with Gasteiger partial charge in [-0.15, -0.1) is 23.1 Å². The number of carbonyl (C=O) groups is 2. The van der Waals surface area contributed by atoms with Crippen LogP contribution >= 0.6 is 23.1 Å². The van der Waals surface area contributed by atoms with E-state index in [0.717, 1.165) is 9.77 Å². The first-order chi connectivity index (χ1) is 6.66. The Kier molecular flexibility index (Phi) is 2.60. The number of carbonyl (C=O) groups excluding carboxylic acids is 1. The Bertz CT molecular complexity index is 383. The summed E-state index contributed by atoms with van der Waals surface area (Å²) in [5, 5.41) is 10.4. The van der Waals surface area contributed by atoms with Crippen molar-refractivity contribution in [2.24, 2.45) is 0 Å². The summed E-state index contributed by atoms with van der Waals surface area (Å²) in [5.74, 6) is -0.762. The molecule has 0 saturated carbocycles. The van der Waals surface area contributed by atoms with Crippen LogP contribution in [0.3, 0.4) is 0 Å². The minimum atomic E-state index is -0.838. The maximum Gasteiger partial charge on any atom is 0.304 e. The van der Waals surface area contributed by atoms with E-state index in [1.165, 1.54) is 23.1 Å². The molecule has 74 valence electrons. The van der Waals surface area contributed by atoms with Crippen molar-refractivity contribution in [2.75, 3.05) is 0 Å². The minimum absolute atomic E-state index is 0.0632. The number of hydrogen-bond donors (Lipinski definition) is 1. The van der Waals surface area contributed by atoms with Crippen LogP contribution < -0.4 is 0 Å². The van der Waals surface area contributed by atoms with Gasteiger partial charge >= 0.3 is 5.97 Å². The first kappa shape index (κ1) is 9.73. The van der Waals surface area contributed by atoms with E-state index in [0.29, 0.717) is 6.42 Å². The van der Waals surface area contributed by atoms with E-state index >= 15 is 0 Å². The molecule has 0 bridgehead atoms. The molecule has 0 spiro atoms. The smallest absolute Gasteiger partial charge is 0.304 e. The molecule has 0 amide bonds. The molecule has 2 heterocycles. The zero-order valence-corrected chi connectivity index (χ0v) is 8.86. The Morgan fingerprint density at radius 1 is 1.64 bits per heavy atom. The van der Waals surface area contributed by atoms with Gasteiger partial charge in [0.15, 0.2) is 5.78 Å². The summed E-state index contributed by atoms with van der Waals surface area (Å²) >= 11 is 3.02. The largest absolute Gasteiger partial charge is 0.481 e. The zero-order valence-electron chi connectivity index (χ0n) is 7.23. The van der Waals surface area contributed by atoms with Gasteiger partial charge < -0.3 is 5.11 Å². The molecular formula is C9H8O3S2. The lowest BCUT2D eigenvalue weighted by atomic mass is 10.1. The maximum absolute atomic E-state index is 11.5. The molecule has 1 N–H and O–H groups in total. The van der Waals surface area contributed by atoms with Crippen molar-refractivity contribution in [3.8, 4) is 0 Å². The summed E-state index contributed by atoms with van der Waals surface area (Å²) in [5.41, 5.74) is 0.765. The molecule has 1 atom stereocenters. The van der Waals surface area contributed by atoms with Crippen molar-refractivity contribution in [1.82, 2.24) is 0 Å². The summed E-state index contributed by atoms with van der Waals surface area (Å²) in [6.07, 6.45) is 0.411. The fourth-order valence-corrected chi connectivity index (χ4v) is 3.92. The summed E-state index contributed by atoms with van der Waals surface area (Å²) < 4.78 is 0.965. The number of hydrogen-bond acceptors (Lipinski definition) is 4. The van der Waals surface area contributed by atoms with Gasteiger partial charge in [-0.05, 0) is 11.4 Å². The Morgan fingerprint density at radius 3 is 3.14 bits per heavy atom. The summed E-state index contributed by atoms with van der Waals surface area (Å²) in [7, 11) is 0. The Hall–Kier alpha value is -0.810. The molecular weight excluding hydrogens is 220 g/mol. The Morgan fingerprint density at radius 2 is 2.43 bits per heavy atom. The Balaban J connectivity index is 2.17. The predicted octanol–water partition coefficient (Wildman–Crippen LogP) is 2.27. The number of ketones is 1. The van der Waals surface area contributed by atoms with E-state index in [2.05, 4.69) is 0 Å². The van der Waals surface area contributed by atoms with Crippen molar-refractivity contribution in [3.05, 3.63) is 17.0 Å². The second-order valence-corrected chi connectivity index (χ2v) is 5.57. The van der Waals surface area contributed by atoms with Crippen molar-refractivity contribution < 1.29 is 14.7 Å². The van der Waals surface area contributed by atoms with Gasteiger partial charge in [0.2, 0.25) is 0 Å². The van der Waals surface area contributed by atoms with Gasteiger partial charge in [0.25, 0.3) is 0 Å². The van der Waals surface area contributed by atoms with Crippen LogP contribution in [-0.4, -0.2) is 22.1 Å². The van der Waals surface area contributed by atoms with E-state index in [4.69, 9.17) is 5.11 Å². The topological polar surface area (TPSA) is 54.4 Å². The van der Waals surface area contributed by atoms with Gasteiger partial charge in [-0.1, -0.05) is 0 Å². The highest BCUT2D eigenvalue weighted by atomic mass is 32.2. The number of rotatable bonds is 2. The van der Waals surface area contributed by atoms with Gasteiger partial charge in [-0.2, -0.15) is 0 Å². The monoisotopic (exact) mass is 228 g/mol. The third-order valence-corrected chi connectivity index (χ3v) is 4.40. The van der Waals surface area contributed by atoms with Crippen molar-refractivity contribution in [2.45, 2.75) is 22.3 Å². The average Bonchev–Trinajstić information content (AvgIpc) is 2.50. The number of thiophene rings is 1. The van der Waals surface area contributed by atoms with Crippen LogP contribution in [0.4, 0.5) is 0 Å². The third-order valence-electron chi connectivity index (χ3n) is 2.02. The highest BCUT2D eigenvalue weighted by Crippen LogP contribution is 2.40. The molecule has 1 aromatic heterocycles. The normalized spacial score (nSPS) is 20.6.